The van der Waals surface area contributed by atoms with E-state index in [0.29, 0.717) is 31.5 Å². The van der Waals surface area contributed by atoms with Gasteiger partial charge in [-0.05, 0) is 6.92 Å². The maximum Gasteiger partial charge on any atom is 0.409 e. The number of carbonyl (C=O) groups excluding carboxylic acids is 1. The summed E-state index contributed by atoms with van der Waals surface area (Å²) in [5.74, 6) is 0.692. The summed E-state index contributed by atoms with van der Waals surface area (Å²) in [7, 11) is 1.51. The van der Waals surface area contributed by atoms with Gasteiger partial charge in [0.2, 0.25) is 0 Å². The molecule has 0 N–H and O–H groups in total. The summed E-state index contributed by atoms with van der Waals surface area (Å²) >= 11 is 0. The van der Waals surface area contributed by atoms with Gasteiger partial charge in [-0.25, -0.2) is 14.8 Å². The first-order valence-electron chi connectivity index (χ1n) is 6.18. The molecule has 2 heterocycles. The molecule has 1 atom stereocenters. The summed E-state index contributed by atoms with van der Waals surface area (Å²) in [4.78, 5) is 21.3. The Hall–Kier alpha value is -2.05. The van der Waals surface area contributed by atoms with Gasteiger partial charge in [0, 0.05) is 25.4 Å². The fourth-order valence-corrected chi connectivity index (χ4v) is 1.90. The fourth-order valence-electron chi connectivity index (χ4n) is 1.90. The SMILES string of the molecule is CCOC(=O)N1CCC(Oc2nccnc2OC)C1. The number of aromatic nitrogens is 2. The van der Waals surface area contributed by atoms with E-state index < -0.39 is 0 Å². The number of likely N-dealkylation sites (tertiary alicyclic amines) is 1. The van der Waals surface area contributed by atoms with Crippen LogP contribution in [0.1, 0.15) is 13.3 Å². The summed E-state index contributed by atoms with van der Waals surface area (Å²) in [6, 6.07) is 0. The number of carbonyl (C=O) groups is 1. The van der Waals surface area contributed by atoms with Crippen LogP contribution in [0.2, 0.25) is 0 Å². The third-order valence-corrected chi connectivity index (χ3v) is 2.78. The van der Waals surface area contributed by atoms with Crippen molar-refractivity contribution >= 4 is 6.09 Å². The molecular formula is C12H17N3O4. The predicted molar refractivity (Wildman–Crippen MR) is 66.2 cm³/mol. The minimum Gasteiger partial charge on any atom is -0.477 e. The van der Waals surface area contributed by atoms with Crippen LogP contribution in [-0.4, -0.2) is 53.9 Å². The van der Waals surface area contributed by atoms with Crippen molar-refractivity contribution in [3.8, 4) is 11.8 Å². The van der Waals surface area contributed by atoms with Crippen molar-refractivity contribution in [3.63, 3.8) is 0 Å². The van der Waals surface area contributed by atoms with Gasteiger partial charge in [0.25, 0.3) is 11.8 Å². The zero-order valence-corrected chi connectivity index (χ0v) is 11.0. The van der Waals surface area contributed by atoms with Crippen molar-refractivity contribution in [1.29, 1.82) is 0 Å². The Morgan fingerprint density at radius 1 is 1.42 bits per heavy atom. The molecule has 1 aromatic heterocycles. The molecule has 0 radical (unpaired) electrons. The first kappa shape index (κ1) is 13.4. The zero-order chi connectivity index (χ0) is 13.7. The van der Waals surface area contributed by atoms with E-state index in [2.05, 4.69) is 9.97 Å². The lowest BCUT2D eigenvalue weighted by atomic mass is 10.3. The van der Waals surface area contributed by atoms with E-state index in [0.717, 1.165) is 6.42 Å². The van der Waals surface area contributed by atoms with E-state index in [-0.39, 0.29) is 12.2 Å². The number of amides is 1. The van der Waals surface area contributed by atoms with E-state index in [4.69, 9.17) is 14.2 Å². The highest BCUT2D eigenvalue weighted by Crippen LogP contribution is 2.23. The molecule has 1 aliphatic rings. The molecule has 1 amide bonds. The highest BCUT2D eigenvalue weighted by molar-refractivity contribution is 5.68. The first-order chi connectivity index (χ1) is 9.24. The molecule has 1 aromatic rings. The Kier molecular flexibility index (Phi) is 4.38. The van der Waals surface area contributed by atoms with Crippen molar-refractivity contribution in [2.24, 2.45) is 0 Å². The molecule has 1 fully saturated rings. The van der Waals surface area contributed by atoms with Crippen LogP contribution in [0, 0.1) is 0 Å². The van der Waals surface area contributed by atoms with Gasteiger partial charge in [-0.2, -0.15) is 0 Å². The molecule has 0 bridgehead atoms. The second-order valence-corrected chi connectivity index (χ2v) is 4.04. The largest absolute Gasteiger partial charge is 0.477 e. The molecule has 104 valence electrons. The Balaban J connectivity index is 1.93. The van der Waals surface area contributed by atoms with E-state index in [1.54, 1.807) is 11.8 Å². The molecule has 0 aromatic carbocycles. The van der Waals surface area contributed by atoms with Crippen LogP contribution in [0.25, 0.3) is 0 Å². The van der Waals surface area contributed by atoms with Crippen LogP contribution in [-0.2, 0) is 4.74 Å². The second kappa shape index (κ2) is 6.21. The van der Waals surface area contributed by atoms with E-state index in [9.17, 15) is 4.79 Å². The Morgan fingerprint density at radius 2 is 2.16 bits per heavy atom. The lowest BCUT2D eigenvalue weighted by Crippen LogP contribution is -2.31. The number of hydrogen-bond donors (Lipinski definition) is 0. The average Bonchev–Trinajstić information content (AvgIpc) is 2.88. The second-order valence-electron chi connectivity index (χ2n) is 4.04. The van der Waals surface area contributed by atoms with Crippen LogP contribution in [0.4, 0.5) is 4.79 Å². The monoisotopic (exact) mass is 267 g/mol. The highest BCUT2D eigenvalue weighted by atomic mass is 16.6. The average molecular weight is 267 g/mol. The van der Waals surface area contributed by atoms with Crippen LogP contribution >= 0.6 is 0 Å². The lowest BCUT2D eigenvalue weighted by Gasteiger charge is -2.16. The number of ether oxygens (including phenoxy) is 3. The summed E-state index contributed by atoms with van der Waals surface area (Å²) in [5, 5.41) is 0. The van der Waals surface area contributed by atoms with Gasteiger partial charge in [-0.1, -0.05) is 0 Å². The third kappa shape index (κ3) is 3.24. The third-order valence-electron chi connectivity index (χ3n) is 2.78. The van der Waals surface area contributed by atoms with Gasteiger partial charge in [-0.15, -0.1) is 0 Å². The minimum absolute atomic E-state index is 0.116. The molecular weight excluding hydrogens is 250 g/mol. The maximum atomic E-state index is 11.6. The number of methoxy groups -OCH3 is 1. The van der Waals surface area contributed by atoms with Gasteiger partial charge in [0.15, 0.2) is 0 Å². The summed E-state index contributed by atoms with van der Waals surface area (Å²) < 4.78 is 15.7. The minimum atomic E-state index is -0.306. The van der Waals surface area contributed by atoms with Gasteiger partial charge in [0.05, 0.1) is 20.3 Å². The lowest BCUT2D eigenvalue weighted by molar-refractivity contribution is 0.109. The zero-order valence-electron chi connectivity index (χ0n) is 11.0. The summed E-state index contributed by atoms with van der Waals surface area (Å²) in [6.07, 6.45) is 3.38. The van der Waals surface area contributed by atoms with Crippen LogP contribution in [0.3, 0.4) is 0 Å². The topological polar surface area (TPSA) is 73.8 Å². The summed E-state index contributed by atoms with van der Waals surface area (Å²) in [5.41, 5.74) is 0. The highest BCUT2D eigenvalue weighted by Gasteiger charge is 2.29. The van der Waals surface area contributed by atoms with Crippen molar-refractivity contribution in [1.82, 2.24) is 14.9 Å². The quantitative estimate of drug-likeness (QED) is 0.813. The Morgan fingerprint density at radius 3 is 2.84 bits per heavy atom. The van der Waals surface area contributed by atoms with Gasteiger partial charge >= 0.3 is 6.09 Å². The van der Waals surface area contributed by atoms with Crippen molar-refractivity contribution in [2.75, 3.05) is 26.8 Å². The molecule has 0 aliphatic carbocycles. The predicted octanol–water partition coefficient (Wildman–Crippen LogP) is 1.09. The maximum absolute atomic E-state index is 11.6. The van der Waals surface area contributed by atoms with Crippen LogP contribution in [0.15, 0.2) is 12.4 Å². The smallest absolute Gasteiger partial charge is 0.409 e. The first-order valence-corrected chi connectivity index (χ1v) is 6.18. The molecule has 1 unspecified atom stereocenters. The van der Waals surface area contributed by atoms with Crippen molar-refractivity contribution in [2.45, 2.75) is 19.4 Å². The molecule has 1 saturated heterocycles. The number of rotatable bonds is 4. The molecule has 7 nitrogen and oxygen atoms in total. The Labute approximate surface area is 111 Å². The summed E-state index contributed by atoms with van der Waals surface area (Å²) in [6.45, 7) is 3.26. The molecule has 1 aliphatic heterocycles. The molecule has 19 heavy (non-hydrogen) atoms. The van der Waals surface area contributed by atoms with Gasteiger partial charge in [0.1, 0.15) is 6.10 Å². The Bertz CT molecular complexity index is 441. The normalized spacial score (nSPS) is 18.2. The fraction of sp³-hybridized carbons (Fsp3) is 0.583. The van der Waals surface area contributed by atoms with Crippen molar-refractivity contribution < 1.29 is 19.0 Å². The van der Waals surface area contributed by atoms with E-state index in [1.807, 2.05) is 0 Å². The van der Waals surface area contributed by atoms with Crippen LogP contribution in [0.5, 0.6) is 11.8 Å². The van der Waals surface area contributed by atoms with Crippen LogP contribution < -0.4 is 9.47 Å². The molecule has 2 rings (SSSR count). The standard InChI is InChI=1S/C12H17N3O4/c1-3-18-12(16)15-7-4-9(8-15)19-11-10(17-2)13-5-6-14-11/h5-6,9H,3-4,7-8H2,1-2H3. The van der Waals surface area contributed by atoms with Gasteiger partial charge < -0.3 is 19.1 Å². The van der Waals surface area contributed by atoms with Crippen molar-refractivity contribution in [3.05, 3.63) is 12.4 Å². The van der Waals surface area contributed by atoms with Gasteiger partial charge in [-0.3, -0.25) is 0 Å². The molecule has 0 saturated carbocycles. The van der Waals surface area contributed by atoms with E-state index >= 15 is 0 Å². The molecule has 0 spiro atoms. The molecule has 7 heteroatoms. The number of nitrogens with zero attached hydrogens (tertiary/aromatic N) is 3. The number of hydrogen-bond acceptors (Lipinski definition) is 6. The van der Waals surface area contributed by atoms with E-state index in [1.165, 1.54) is 19.5 Å².